The third kappa shape index (κ3) is 2.68. The number of aromatic nitrogens is 2. The minimum Gasteiger partial charge on any atom is -0.481 e. The van der Waals surface area contributed by atoms with E-state index in [1.165, 1.54) is 0 Å². The fourth-order valence-corrected chi connectivity index (χ4v) is 0.783. The van der Waals surface area contributed by atoms with Crippen LogP contribution in [0.3, 0.4) is 0 Å². The molecule has 1 aromatic rings. The molecule has 0 aliphatic rings. The summed E-state index contributed by atoms with van der Waals surface area (Å²) >= 11 is 0. The van der Waals surface area contributed by atoms with Crippen molar-refractivity contribution in [3.8, 4) is 0 Å². The molecule has 0 aliphatic carbocycles. The Hall–Kier alpha value is -1.66. The van der Waals surface area contributed by atoms with Gasteiger partial charge in [0.1, 0.15) is 0 Å². The van der Waals surface area contributed by atoms with Crippen LogP contribution >= 0.6 is 0 Å². The van der Waals surface area contributed by atoms with Gasteiger partial charge >= 0.3 is 12.1 Å². The quantitative estimate of drug-likeness (QED) is 0.787. The summed E-state index contributed by atoms with van der Waals surface area (Å²) < 4.78 is 36.2. The molecule has 0 amide bonds. The predicted octanol–water partition coefficient (Wildman–Crippen LogP) is 1.12. The third-order valence-corrected chi connectivity index (χ3v) is 1.31. The average molecular weight is 206 g/mol. The van der Waals surface area contributed by atoms with E-state index in [9.17, 15) is 18.0 Å². The van der Waals surface area contributed by atoms with Gasteiger partial charge in [-0.2, -0.15) is 13.2 Å². The Morgan fingerprint density at radius 1 is 1.43 bits per heavy atom. The normalized spacial score (nSPS) is 11.4. The van der Waals surface area contributed by atoms with Gasteiger partial charge in [0.05, 0.1) is 18.3 Å². The maximum absolute atomic E-state index is 12.1. The van der Waals surface area contributed by atoms with E-state index in [2.05, 4.69) is 9.97 Å². The number of hydrogen-bond acceptors (Lipinski definition) is 3. The Kier molecular flexibility index (Phi) is 2.68. The molecule has 4 nitrogen and oxygen atoms in total. The highest BCUT2D eigenvalue weighted by atomic mass is 19.4. The van der Waals surface area contributed by atoms with Crippen molar-refractivity contribution in [1.29, 1.82) is 0 Å². The van der Waals surface area contributed by atoms with E-state index in [0.717, 1.165) is 6.20 Å². The van der Waals surface area contributed by atoms with Crippen LogP contribution in [0.4, 0.5) is 13.2 Å². The molecule has 1 N–H and O–H groups in total. The van der Waals surface area contributed by atoms with Crippen molar-refractivity contribution in [1.82, 2.24) is 9.97 Å². The van der Waals surface area contributed by atoms with Crippen molar-refractivity contribution in [2.45, 2.75) is 12.6 Å². The second-order valence-corrected chi connectivity index (χ2v) is 2.46. The lowest BCUT2D eigenvalue weighted by Crippen LogP contribution is -2.12. The van der Waals surface area contributed by atoms with Gasteiger partial charge in [0.2, 0.25) is 0 Å². The lowest BCUT2D eigenvalue weighted by atomic mass is 10.3. The van der Waals surface area contributed by atoms with Gasteiger partial charge in [-0.1, -0.05) is 0 Å². The highest BCUT2D eigenvalue weighted by molar-refractivity contribution is 5.69. The number of carboxylic acids is 1. The number of nitrogens with zero attached hydrogens (tertiary/aromatic N) is 2. The van der Waals surface area contributed by atoms with Gasteiger partial charge in [-0.25, -0.2) is 4.98 Å². The monoisotopic (exact) mass is 206 g/mol. The van der Waals surface area contributed by atoms with Crippen LogP contribution in [-0.4, -0.2) is 21.0 Å². The van der Waals surface area contributed by atoms with E-state index < -0.39 is 24.3 Å². The Labute approximate surface area is 76.4 Å². The molecule has 0 aromatic carbocycles. The first-order valence-corrected chi connectivity index (χ1v) is 3.49. The zero-order valence-corrected chi connectivity index (χ0v) is 6.75. The first-order valence-electron chi connectivity index (χ1n) is 3.49. The van der Waals surface area contributed by atoms with Gasteiger partial charge in [0.15, 0.2) is 5.69 Å². The van der Waals surface area contributed by atoms with Gasteiger partial charge in [-0.3, -0.25) is 9.78 Å². The SMILES string of the molecule is O=C(O)Cc1cncc(C(F)(F)F)n1. The Balaban J connectivity index is 2.95. The van der Waals surface area contributed by atoms with Crippen molar-refractivity contribution >= 4 is 5.97 Å². The largest absolute Gasteiger partial charge is 0.481 e. The Morgan fingerprint density at radius 2 is 2.07 bits per heavy atom. The van der Waals surface area contributed by atoms with E-state index in [-0.39, 0.29) is 5.69 Å². The molecule has 0 unspecified atom stereocenters. The number of carboxylic acid groups (broad SMARTS) is 1. The topological polar surface area (TPSA) is 63.1 Å². The molecule has 14 heavy (non-hydrogen) atoms. The van der Waals surface area contributed by atoms with Gasteiger partial charge in [0, 0.05) is 6.20 Å². The van der Waals surface area contributed by atoms with Crippen LogP contribution in [-0.2, 0) is 17.4 Å². The van der Waals surface area contributed by atoms with Crippen LogP contribution in [0.5, 0.6) is 0 Å². The Bertz CT molecular complexity index is 351. The Morgan fingerprint density at radius 3 is 2.57 bits per heavy atom. The van der Waals surface area contributed by atoms with Crippen molar-refractivity contribution in [3.63, 3.8) is 0 Å². The maximum Gasteiger partial charge on any atom is 0.434 e. The van der Waals surface area contributed by atoms with Crippen LogP contribution in [0.15, 0.2) is 12.4 Å². The minimum absolute atomic E-state index is 0.215. The molecule has 1 aromatic heterocycles. The summed E-state index contributed by atoms with van der Waals surface area (Å²) in [5.41, 5.74) is -1.40. The first-order chi connectivity index (χ1) is 6.39. The lowest BCUT2D eigenvalue weighted by Gasteiger charge is -2.05. The molecule has 0 fully saturated rings. The molecule has 0 radical (unpaired) electrons. The summed E-state index contributed by atoms with van der Waals surface area (Å²) in [5, 5.41) is 8.31. The first kappa shape index (κ1) is 10.4. The van der Waals surface area contributed by atoms with E-state index in [1.54, 1.807) is 0 Å². The standard InChI is InChI=1S/C7H5F3N2O2/c8-7(9,10)5-3-11-2-4(12-5)1-6(13)14/h2-3H,1H2,(H,13,14). The molecule has 1 rings (SSSR count). The summed E-state index contributed by atoms with van der Waals surface area (Å²) in [6, 6.07) is 0. The highest BCUT2D eigenvalue weighted by Crippen LogP contribution is 2.26. The molecular formula is C7H5F3N2O2. The molecule has 0 bridgehead atoms. The van der Waals surface area contributed by atoms with Crippen LogP contribution in [0.2, 0.25) is 0 Å². The molecule has 0 spiro atoms. The van der Waals surface area contributed by atoms with Crippen molar-refractivity contribution < 1.29 is 23.1 Å². The zero-order chi connectivity index (χ0) is 10.8. The average Bonchev–Trinajstić information content (AvgIpc) is 2.01. The zero-order valence-electron chi connectivity index (χ0n) is 6.75. The third-order valence-electron chi connectivity index (χ3n) is 1.31. The van der Waals surface area contributed by atoms with E-state index >= 15 is 0 Å². The molecule has 7 heteroatoms. The number of alkyl halides is 3. The van der Waals surface area contributed by atoms with Crippen molar-refractivity contribution in [2.75, 3.05) is 0 Å². The second-order valence-electron chi connectivity index (χ2n) is 2.46. The van der Waals surface area contributed by atoms with Crippen LogP contribution in [0, 0.1) is 0 Å². The molecule has 76 valence electrons. The van der Waals surface area contributed by atoms with Gasteiger partial charge in [0.25, 0.3) is 0 Å². The molecule has 0 saturated heterocycles. The maximum atomic E-state index is 12.1. The summed E-state index contributed by atoms with van der Waals surface area (Å²) in [6.45, 7) is 0. The van der Waals surface area contributed by atoms with E-state index in [1.807, 2.05) is 0 Å². The van der Waals surface area contributed by atoms with Gasteiger partial charge in [-0.15, -0.1) is 0 Å². The summed E-state index contributed by atoms with van der Waals surface area (Å²) in [5.74, 6) is -1.25. The molecule has 0 saturated carbocycles. The van der Waals surface area contributed by atoms with Gasteiger partial charge < -0.3 is 5.11 Å². The van der Waals surface area contributed by atoms with Crippen LogP contribution < -0.4 is 0 Å². The smallest absolute Gasteiger partial charge is 0.434 e. The van der Waals surface area contributed by atoms with Crippen LogP contribution in [0.25, 0.3) is 0 Å². The highest BCUT2D eigenvalue weighted by Gasteiger charge is 2.33. The minimum atomic E-state index is -4.60. The summed E-state index contributed by atoms with van der Waals surface area (Å²) in [6.07, 6.45) is -3.63. The summed E-state index contributed by atoms with van der Waals surface area (Å²) in [4.78, 5) is 16.6. The lowest BCUT2D eigenvalue weighted by molar-refractivity contribution is -0.142. The summed E-state index contributed by atoms with van der Waals surface area (Å²) in [7, 11) is 0. The number of carbonyl (C=O) groups is 1. The molecular weight excluding hydrogens is 201 g/mol. The van der Waals surface area contributed by atoms with Crippen molar-refractivity contribution in [2.24, 2.45) is 0 Å². The van der Waals surface area contributed by atoms with E-state index in [4.69, 9.17) is 5.11 Å². The number of hydrogen-bond donors (Lipinski definition) is 1. The molecule has 1 heterocycles. The molecule has 0 aliphatic heterocycles. The van der Waals surface area contributed by atoms with Crippen molar-refractivity contribution in [3.05, 3.63) is 23.8 Å². The second kappa shape index (κ2) is 3.60. The molecule has 0 atom stereocenters. The van der Waals surface area contributed by atoms with Gasteiger partial charge in [-0.05, 0) is 0 Å². The fourth-order valence-electron chi connectivity index (χ4n) is 0.783. The van der Waals surface area contributed by atoms with Crippen LogP contribution in [0.1, 0.15) is 11.4 Å². The number of halogens is 3. The fraction of sp³-hybridized carbons (Fsp3) is 0.286. The number of aliphatic carboxylic acids is 1. The predicted molar refractivity (Wildman–Crippen MR) is 38.4 cm³/mol. The van der Waals surface area contributed by atoms with E-state index in [0.29, 0.717) is 6.20 Å². The number of rotatable bonds is 2.